The van der Waals surface area contributed by atoms with Gasteiger partial charge in [-0.1, -0.05) is 40.9 Å². The number of halogens is 2. The lowest BCUT2D eigenvalue weighted by Gasteiger charge is -2.31. The summed E-state index contributed by atoms with van der Waals surface area (Å²) in [5.41, 5.74) is -1.15. The number of hydrogen-bond acceptors (Lipinski definition) is 6. The number of aliphatic imine (C=N–C) groups is 1. The van der Waals surface area contributed by atoms with Crippen molar-refractivity contribution in [3.05, 3.63) is 46.0 Å². The number of alkyl halides is 2. The summed E-state index contributed by atoms with van der Waals surface area (Å²) in [6.45, 7) is 6.52. The van der Waals surface area contributed by atoms with Crippen LogP contribution in [0.25, 0.3) is 0 Å². The van der Waals surface area contributed by atoms with Crippen molar-refractivity contribution in [2.75, 3.05) is 0 Å². The van der Waals surface area contributed by atoms with Gasteiger partial charge in [0, 0.05) is 6.07 Å². The van der Waals surface area contributed by atoms with Crippen LogP contribution in [0.4, 0.5) is 5.69 Å². The number of nitro groups is 1. The maximum Gasteiger partial charge on any atom is 0.289 e. The fourth-order valence-corrected chi connectivity index (χ4v) is 5.32. The van der Waals surface area contributed by atoms with E-state index in [0.29, 0.717) is 9.88 Å². The number of carbonyl (C=O) groups is 1. The number of carbonyl (C=O) groups excluding carboxylic acids is 1. The Morgan fingerprint density at radius 3 is 2.39 bits per heavy atom. The standard InChI is InChI=1S/C17H19Cl2N3O5S/c1-10(2)9-12(23)14-17(3,4)20-16(15(18)19)21(14)28(26,27)13-8-6-5-7-11(13)22(24)25/h5-9,14-15H,1-4H3. The number of sulfonamides is 1. The van der Waals surface area contributed by atoms with Crippen molar-refractivity contribution in [3.8, 4) is 0 Å². The predicted octanol–water partition coefficient (Wildman–Crippen LogP) is 3.48. The van der Waals surface area contributed by atoms with E-state index in [-0.39, 0.29) is 5.84 Å². The Morgan fingerprint density at radius 1 is 1.32 bits per heavy atom. The summed E-state index contributed by atoms with van der Waals surface area (Å²) in [4.78, 5) is 25.7. The number of nitro benzene ring substituents is 1. The van der Waals surface area contributed by atoms with Gasteiger partial charge in [-0.3, -0.25) is 19.9 Å². The summed E-state index contributed by atoms with van der Waals surface area (Å²) in [7, 11) is -4.57. The van der Waals surface area contributed by atoms with Gasteiger partial charge in [0.05, 0.1) is 10.5 Å². The number of para-hydroxylation sites is 1. The second kappa shape index (κ2) is 7.81. The zero-order valence-electron chi connectivity index (χ0n) is 15.6. The Hall–Kier alpha value is -1.97. The molecule has 1 aromatic rings. The molecule has 1 aromatic carbocycles. The lowest BCUT2D eigenvalue weighted by atomic mass is 9.92. The molecule has 8 nitrogen and oxygen atoms in total. The van der Waals surface area contributed by atoms with E-state index in [4.69, 9.17) is 23.2 Å². The van der Waals surface area contributed by atoms with Gasteiger partial charge in [-0.05, 0) is 39.8 Å². The van der Waals surface area contributed by atoms with Crippen LogP contribution < -0.4 is 0 Å². The molecule has 0 aliphatic carbocycles. The normalized spacial score (nSPS) is 18.8. The molecule has 1 unspecified atom stereocenters. The van der Waals surface area contributed by atoms with Crippen molar-refractivity contribution in [1.82, 2.24) is 4.31 Å². The van der Waals surface area contributed by atoms with Gasteiger partial charge in [-0.2, -0.15) is 0 Å². The van der Waals surface area contributed by atoms with Gasteiger partial charge in [0.1, 0.15) is 11.9 Å². The van der Waals surface area contributed by atoms with Crippen molar-refractivity contribution in [2.24, 2.45) is 4.99 Å². The third kappa shape index (κ3) is 4.06. The molecule has 0 aromatic heterocycles. The fraction of sp³-hybridized carbons (Fsp3) is 0.412. The van der Waals surface area contributed by atoms with Crippen LogP contribution in [-0.2, 0) is 14.8 Å². The molecule has 0 bridgehead atoms. The number of nitrogens with zero attached hydrogens (tertiary/aromatic N) is 3. The highest BCUT2D eigenvalue weighted by Gasteiger charge is 2.53. The van der Waals surface area contributed by atoms with E-state index in [1.807, 2.05) is 0 Å². The summed E-state index contributed by atoms with van der Waals surface area (Å²) >= 11 is 11.9. The largest absolute Gasteiger partial charge is 0.292 e. The Kier molecular flexibility index (Phi) is 6.22. The van der Waals surface area contributed by atoms with Gasteiger partial charge in [-0.25, -0.2) is 12.7 Å². The molecule has 1 aliphatic rings. The van der Waals surface area contributed by atoms with Crippen LogP contribution >= 0.6 is 23.2 Å². The molecule has 0 amide bonds. The molecule has 0 radical (unpaired) electrons. The summed E-state index contributed by atoms with van der Waals surface area (Å²) in [6, 6.07) is 3.57. The van der Waals surface area contributed by atoms with Crippen LogP contribution in [0.15, 0.2) is 45.8 Å². The quantitative estimate of drug-likeness (QED) is 0.286. The van der Waals surface area contributed by atoms with E-state index in [2.05, 4.69) is 4.99 Å². The molecule has 0 N–H and O–H groups in total. The third-order valence-corrected chi connectivity index (χ3v) is 6.23. The van der Waals surface area contributed by atoms with Crippen LogP contribution in [0.5, 0.6) is 0 Å². The molecule has 1 aliphatic heterocycles. The lowest BCUT2D eigenvalue weighted by molar-refractivity contribution is -0.387. The van der Waals surface area contributed by atoms with Crippen molar-refractivity contribution >= 4 is 50.5 Å². The molecular weight excluding hydrogens is 429 g/mol. The third-order valence-electron chi connectivity index (χ3n) is 4.03. The first kappa shape index (κ1) is 22.3. The molecule has 152 valence electrons. The van der Waals surface area contributed by atoms with Crippen molar-refractivity contribution in [2.45, 2.75) is 49.0 Å². The van der Waals surface area contributed by atoms with Gasteiger partial charge in [0.25, 0.3) is 15.7 Å². The second-order valence-electron chi connectivity index (χ2n) is 6.98. The fourth-order valence-electron chi connectivity index (χ4n) is 2.99. The van der Waals surface area contributed by atoms with Gasteiger partial charge >= 0.3 is 0 Å². The molecule has 1 heterocycles. The molecular formula is C17H19Cl2N3O5S. The first-order valence-corrected chi connectivity index (χ1v) is 10.5. The topological polar surface area (TPSA) is 110 Å². The maximum atomic E-state index is 13.4. The number of hydrogen-bond donors (Lipinski definition) is 0. The highest BCUT2D eigenvalue weighted by Crippen LogP contribution is 2.38. The highest BCUT2D eigenvalue weighted by molar-refractivity contribution is 7.90. The molecule has 0 saturated carbocycles. The van der Waals surface area contributed by atoms with Crippen molar-refractivity contribution < 1.29 is 18.1 Å². The highest BCUT2D eigenvalue weighted by atomic mass is 35.5. The monoisotopic (exact) mass is 447 g/mol. The van der Waals surface area contributed by atoms with Crippen LogP contribution in [0, 0.1) is 10.1 Å². The van der Waals surface area contributed by atoms with Crippen LogP contribution in [0.1, 0.15) is 27.7 Å². The number of allylic oxidation sites excluding steroid dienone is 1. The Bertz CT molecular complexity index is 982. The lowest BCUT2D eigenvalue weighted by Crippen LogP contribution is -2.52. The van der Waals surface area contributed by atoms with E-state index in [0.717, 1.165) is 12.1 Å². The molecule has 11 heteroatoms. The van der Waals surface area contributed by atoms with E-state index in [1.165, 1.54) is 18.2 Å². The Balaban J connectivity index is 2.76. The first-order chi connectivity index (χ1) is 12.8. The zero-order valence-corrected chi connectivity index (χ0v) is 17.9. The average molecular weight is 448 g/mol. The molecule has 0 saturated heterocycles. The number of rotatable bonds is 6. The van der Waals surface area contributed by atoms with Crippen LogP contribution in [0.2, 0.25) is 0 Å². The summed E-state index contributed by atoms with van der Waals surface area (Å²) in [5, 5.41) is 11.4. The van der Waals surface area contributed by atoms with E-state index in [9.17, 15) is 23.3 Å². The Labute approximate surface area is 173 Å². The second-order valence-corrected chi connectivity index (χ2v) is 9.86. The molecule has 2 rings (SSSR count). The summed E-state index contributed by atoms with van der Waals surface area (Å²) in [6.07, 6.45) is 1.30. The predicted molar refractivity (Wildman–Crippen MR) is 107 cm³/mol. The van der Waals surface area contributed by atoms with E-state index in [1.54, 1.807) is 27.7 Å². The van der Waals surface area contributed by atoms with Crippen molar-refractivity contribution in [1.29, 1.82) is 0 Å². The summed E-state index contributed by atoms with van der Waals surface area (Å²) < 4.78 is 27.5. The van der Waals surface area contributed by atoms with E-state index >= 15 is 0 Å². The van der Waals surface area contributed by atoms with Gasteiger partial charge in [0.2, 0.25) is 0 Å². The van der Waals surface area contributed by atoms with Crippen LogP contribution in [0.3, 0.4) is 0 Å². The SMILES string of the molecule is CC(C)=CC(=O)C1N(S(=O)(=O)c2ccccc2[N+](=O)[O-])C(C(Cl)Cl)=NC1(C)C. The minimum atomic E-state index is -4.57. The Morgan fingerprint density at radius 2 is 1.89 bits per heavy atom. The van der Waals surface area contributed by atoms with Crippen LogP contribution in [-0.4, -0.2) is 45.7 Å². The smallest absolute Gasteiger partial charge is 0.289 e. The molecule has 1 atom stereocenters. The first-order valence-electron chi connectivity index (χ1n) is 8.15. The number of ketones is 1. The van der Waals surface area contributed by atoms with Gasteiger partial charge in [-0.15, -0.1) is 0 Å². The number of amidine groups is 1. The summed E-state index contributed by atoms with van der Waals surface area (Å²) in [5.74, 6) is -0.785. The minimum Gasteiger partial charge on any atom is -0.292 e. The molecule has 0 spiro atoms. The van der Waals surface area contributed by atoms with Gasteiger partial charge < -0.3 is 0 Å². The van der Waals surface area contributed by atoms with Crippen molar-refractivity contribution in [3.63, 3.8) is 0 Å². The average Bonchev–Trinajstić information content (AvgIpc) is 2.86. The van der Waals surface area contributed by atoms with E-state index < -0.39 is 47.7 Å². The zero-order chi connectivity index (χ0) is 21.4. The molecule has 0 fully saturated rings. The molecule has 28 heavy (non-hydrogen) atoms. The number of benzene rings is 1. The maximum absolute atomic E-state index is 13.4. The van der Waals surface area contributed by atoms with Gasteiger partial charge in [0.15, 0.2) is 15.5 Å². The minimum absolute atomic E-state index is 0.257.